The molecule has 6 heteroatoms. The molecule has 0 spiro atoms. The van der Waals surface area contributed by atoms with Gasteiger partial charge in [-0.05, 0) is 61.1 Å². The van der Waals surface area contributed by atoms with E-state index in [1.54, 1.807) is 0 Å². The van der Waals surface area contributed by atoms with Gasteiger partial charge in [0.05, 0.1) is 16.4 Å². The first-order valence-corrected chi connectivity index (χ1v) is 8.39. The van der Waals surface area contributed by atoms with Gasteiger partial charge in [-0.3, -0.25) is 0 Å². The van der Waals surface area contributed by atoms with Gasteiger partial charge >= 0.3 is 0 Å². The number of ether oxygens (including phenoxy) is 1. The molecule has 0 saturated heterocycles. The second-order valence-corrected chi connectivity index (χ2v) is 6.35. The number of anilines is 2. The molecule has 0 atom stereocenters. The smallest absolute Gasteiger partial charge is 0.207 e. The molecule has 1 aromatic carbocycles. The summed E-state index contributed by atoms with van der Waals surface area (Å²) in [6.07, 6.45) is 2.99. The summed E-state index contributed by atoms with van der Waals surface area (Å²) in [5.74, 6) is 0.812. The molecule has 114 valence electrons. The summed E-state index contributed by atoms with van der Waals surface area (Å²) >= 11 is 8.50. The number of nitrogens with one attached hydrogen (secondary N) is 1. The van der Waals surface area contributed by atoms with Crippen LogP contribution in [0.1, 0.15) is 19.0 Å². The maximum absolute atomic E-state index is 6.26. The van der Waals surface area contributed by atoms with Gasteiger partial charge in [0.25, 0.3) is 0 Å². The van der Waals surface area contributed by atoms with Gasteiger partial charge in [0.15, 0.2) is 0 Å². The van der Waals surface area contributed by atoms with Gasteiger partial charge in [-0.2, -0.15) is 0 Å². The van der Waals surface area contributed by atoms with Crippen molar-refractivity contribution >= 4 is 45.8 Å². The predicted octanol–water partition coefficient (Wildman–Crippen LogP) is 4.62. The van der Waals surface area contributed by atoms with E-state index in [0.717, 1.165) is 47.1 Å². The Morgan fingerprint density at radius 1 is 1.43 bits per heavy atom. The third-order valence-electron chi connectivity index (χ3n) is 2.97. The minimum atomic E-state index is 0.698. The van der Waals surface area contributed by atoms with Crippen LogP contribution in [-0.2, 0) is 11.3 Å². The Morgan fingerprint density at radius 3 is 2.95 bits per heavy atom. The molecule has 4 nitrogen and oxygen atoms in total. The van der Waals surface area contributed by atoms with Crippen LogP contribution in [0.2, 0.25) is 5.02 Å². The average molecular weight is 420 g/mol. The fourth-order valence-electron chi connectivity index (χ4n) is 2.01. The molecule has 0 aliphatic rings. The standard InChI is InChI=1S/C15H19ClIN3O/c1-3-21-8-4-7-20-10-11(2)18-15(20)19-14-6-5-12(17)9-13(14)16/h5-6,9-10H,3-4,7-8H2,1-2H3,(H,18,19). The Balaban J connectivity index is 2.08. The summed E-state index contributed by atoms with van der Waals surface area (Å²) in [6, 6.07) is 5.92. The molecule has 21 heavy (non-hydrogen) atoms. The minimum Gasteiger partial charge on any atom is -0.382 e. The lowest BCUT2D eigenvalue weighted by Crippen LogP contribution is -2.06. The van der Waals surface area contributed by atoms with Crippen LogP contribution in [0.3, 0.4) is 0 Å². The van der Waals surface area contributed by atoms with E-state index in [2.05, 4.69) is 37.5 Å². The second-order valence-electron chi connectivity index (χ2n) is 4.70. The topological polar surface area (TPSA) is 39.1 Å². The number of hydrogen-bond acceptors (Lipinski definition) is 3. The molecule has 0 radical (unpaired) electrons. The number of benzene rings is 1. The Hall–Kier alpha value is -0.790. The van der Waals surface area contributed by atoms with Crippen LogP contribution >= 0.6 is 34.2 Å². The van der Waals surface area contributed by atoms with Crippen molar-refractivity contribution in [2.24, 2.45) is 0 Å². The summed E-state index contributed by atoms with van der Waals surface area (Å²) in [7, 11) is 0. The largest absolute Gasteiger partial charge is 0.382 e. The lowest BCUT2D eigenvalue weighted by molar-refractivity contribution is 0.142. The van der Waals surface area contributed by atoms with E-state index in [0.29, 0.717) is 5.02 Å². The SMILES string of the molecule is CCOCCCn1cc(C)nc1Nc1ccc(I)cc1Cl. The van der Waals surface area contributed by atoms with Crippen molar-refractivity contribution in [2.45, 2.75) is 26.8 Å². The van der Waals surface area contributed by atoms with Crippen LogP contribution in [0.5, 0.6) is 0 Å². The highest BCUT2D eigenvalue weighted by Gasteiger charge is 2.08. The highest BCUT2D eigenvalue weighted by molar-refractivity contribution is 14.1. The summed E-state index contributed by atoms with van der Waals surface area (Å²) < 4.78 is 8.59. The minimum absolute atomic E-state index is 0.698. The molecule has 2 rings (SSSR count). The summed E-state index contributed by atoms with van der Waals surface area (Å²) in [5.41, 5.74) is 1.85. The fourth-order valence-corrected chi connectivity index (χ4v) is 2.91. The Morgan fingerprint density at radius 2 is 2.24 bits per heavy atom. The summed E-state index contributed by atoms with van der Waals surface area (Å²) in [4.78, 5) is 4.52. The van der Waals surface area contributed by atoms with Gasteiger partial charge in [0.2, 0.25) is 5.95 Å². The molecule has 0 aliphatic heterocycles. The lowest BCUT2D eigenvalue weighted by atomic mass is 10.3. The maximum atomic E-state index is 6.26. The molecular formula is C15H19ClIN3O. The zero-order chi connectivity index (χ0) is 15.2. The number of halogens is 2. The van der Waals surface area contributed by atoms with Crippen molar-refractivity contribution in [2.75, 3.05) is 18.5 Å². The molecular weight excluding hydrogens is 401 g/mol. The zero-order valence-corrected chi connectivity index (χ0v) is 15.1. The fraction of sp³-hybridized carbons (Fsp3) is 0.400. The number of nitrogens with zero attached hydrogens (tertiary/aromatic N) is 2. The molecule has 1 heterocycles. The molecule has 1 aromatic heterocycles. The van der Waals surface area contributed by atoms with E-state index in [4.69, 9.17) is 16.3 Å². The van der Waals surface area contributed by atoms with Crippen LogP contribution in [0, 0.1) is 10.5 Å². The van der Waals surface area contributed by atoms with Gasteiger partial charge in [-0.25, -0.2) is 4.98 Å². The third kappa shape index (κ3) is 4.86. The van der Waals surface area contributed by atoms with Crippen LogP contribution < -0.4 is 5.32 Å². The zero-order valence-electron chi connectivity index (χ0n) is 12.2. The molecule has 2 aromatic rings. The van der Waals surface area contributed by atoms with Crippen molar-refractivity contribution in [1.29, 1.82) is 0 Å². The van der Waals surface area contributed by atoms with E-state index in [-0.39, 0.29) is 0 Å². The molecule has 0 aliphatic carbocycles. The van der Waals surface area contributed by atoms with E-state index < -0.39 is 0 Å². The molecule has 0 amide bonds. The maximum Gasteiger partial charge on any atom is 0.207 e. The molecule has 0 unspecified atom stereocenters. The number of aromatic nitrogens is 2. The van der Waals surface area contributed by atoms with Crippen LogP contribution in [0.25, 0.3) is 0 Å². The van der Waals surface area contributed by atoms with E-state index in [1.807, 2.05) is 38.2 Å². The van der Waals surface area contributed by atoms with E-state index in [1.165, 1.54) is 0 Å². The third-order valence-corrected chi connectivity index (χ3v) is 3.95. The van der Waals surface area contributed by atoms with Crippen molar-refractivity contribution < 1.29 is 4.74 Å². The highest BCUT2D eigenvalue weighted by Crippen LogP contribution is 2.27. The van der Waals surface area contributed by atoms with Crippen LogP contribution in [-0.4, -0.2) is 22.8 Å². The second kappa shape index (κ2) is 8.00. The van der Waals surface area contributed by atoms with Gasteiger partial charge in [0, 0.05) is 29.5 Å². The highest BCUT2D eigenvalue weighted by atomic mass is 127. The van der Waals surface area contributed by atoms with Crippen molar-refractivity contribution in [3.63, 3.8) is 0 Å². The Bertz CT molecular complexity index is 601. The quantitative estimate of drug-likeness (QED) is 0.526. The number of aryl methyl sites for hydroxylation is 2. The van der Waals surface area contributed by atoms with Crippen LogP contribution in [0.15, 0.2) is 24.4 Å². The Labute approximate surface area is 144 Å². The molecule has 0 fully saturated rings. The monoisotopic (exact) mass is 419 g/mol. The lowest BCUT2D eigenvalue weighted by Gasteiger charge is -2.11. The Kier molecular flexibility index (Phi) is 6.32. The van der Waals surface area contributed by atoms with Crippen LogP contribution in [0.4, 0.5) is 11.6 Å². The van der Waals surface area contributed by atoms with Gasteiger partial charge < -0.3 is 14.6 Å². The first-order valence-electron chi connectivity index (χ1n) is 6.93. The van der Waals surface area contributed by atoms with Crippen molar-refractivity contribution in [3.05, 3.63) is 38.7 Å². The average Bonchev–Trinajstić information content (AvgIpc) is 2.78. The molecule has 0 bridgehead atoms. The first kappa shape index (κ1) is 16.6. The number of rotatable bonds is 7. The number of imidazole rings is 1. The summed E-state index contributed by atoms with van der Waals surface area (Å²) in [6.45, 7) is 6.38. The van der Waals surface area contributed by atoms with Gasteiger partial charge in [0.1, 0.15) is 0 Å². The van der Waals surface area contributed by atoms with Gasteiger partial charge in [-0.1, -0.05) is 11.6 Å². The first-order chi connectivity index (χ1) is 10.1. The molecule has 0 saturated carbocycles. The summed E-state index contributed by atoms with van der Waals surface area (Å²) in [5, 5.41) is 4.00. The molecule has 1 N–H and O–H groups in total. The van der Waals surface area contributed by atoms with Gasteiger partial charge in [-0.15, -0.1) is 0 Å². The van der Waals surface area contributed by atoms with Crippen molar-refractivity contribution in [1.82, 2.24) is 9.55 Å². The van der Waals surface area contributed by atoms with E-state index >= 15 is 0 Å². The normalized spacial score (nSPS) is 10.9. The number of hydrogen-bond donors (Lipinski definition) is 1. The van der Waals surface area contributed by atoms with E-state index in [9.17, 15) is 0 Å². The predicted molar refractivity (Wildman–Crippen MR) is 95.5 cm³/mol. The van der Waals surface area contributed by atoms with Crippen molar-refractivity contribution in [3.8, 4) is 0 Å².